The summed E-state index contributed by atoms with van der Waals surface area (Å²) in [5.41, 5.74) is 5.56. The van der Waals surface area contributed by atoms with Crippen molar-refractivity contribution in [1.82, 2.24) is 5.43 Å². The van der Waals surface area contributed by atoms with Crippen molar-refractivity contribution >= 4 is 0 Å². The van der Waals surface area contributed by atoms with Crippen LogP contribution in [0.25, 0.3) is 0 Å². The van der Waals surface area contributed by atoms with Crippen molar-refractivity contribution in [3.63, 3.8) is 0 Å². The summed E-state index contributed by atoms with van der Waals surface area (Å²) in [5.74, 6) is 3.88. The predicted octanol–water partition coefficient (Wildman–Crippen LogP) is 4.18. The lowest BCUT2D eigenvalue weighted by atomic mass is 9.72. The molecule has 1 aliphatic carbocycles. The second kappa shape index (κ2) is 6.36. The Kier molecular flexibility index (Phi) is 4.94. The number of hydrogen-bond acceptors (Lipinski definition) is 2. The monoisotopic (exact) mass is 300 g/mol. The Bertz CT molecular complexity index is 485. The largest absolute Gasteiger partial charge is 0.392 e. The van der Waals surface area contributed by atoms with Crippen molar-refractivity contribution in [2.75, 3.05) is 0 Å². The molecule has 0 radical (unpaired) electrons. The van der Waals surface area contributed by atoms with Crippen LogP contribution in [-0.2, 0) is 0 Å². The van der Waals surface area contributed by atoms with E-state index in [9.17, 15) is 13.2 Å². The molecule has 118 valence electrons. The Morgan fingerprint density at radius 3 is 2.48 bits per heavy atom. The van der Waals surface area contributed by atoms with Crippen molar-refractivity contribution in [2.24, 2.45) is 17.7 Å². The van der Waals surface area contributed by atoms with E-state index in [4.69, 9.17) is 5.84 Å². The van der Waals surface area contributed by atoms with Crippen LogP contribution in [0.15, 0.2) is 18.2 Å². The van der Waals surface area contributed by atoms with Gasteiger partial charge >= 0.3 is 6.18 Å². The number of benzene rings is 1. The third-order valence-electron chi connectivity index (χ3n) is 4.62. The van der Waals surface area contributed by atoms with E-state index >= 15 is 0 Å². The SMILES string of the molecule is Cc1ccc(C)c(C(NN)C2CCCCC2C(F)(F)F)c1. The van der Waals surface area contributed by atoms with E-state index in [1.807, 2.05) is 32.0 Å². The fourth-order valence-corrected chi connectivity index (χ4v) is 3.50. The van der Waals surface area contributed by atoms with Gasteiger partial charge in [-0.15, -0.1) is 0 Å². The van der Waals surface area contributed by atoms with Crippen LogP contribution >= 0.6 is 0 Å². The molecule has 2 rings (SSSR count). The number of halogens is 3. The number of nitrogens with one attached hydrogen (secondary N) is 1. The third-order valence-corrected chi connectivity index (χ3v) is 4.62. The van der Waals surface area contributed by atoms with Gasteiger partial charge in [-0.1, -0.05) is 36.6 Å². The first-order valence-electron chi connectivity index (χ1n) is 7.44. The van der Waals surface area contributed by atoms with Crippen molar-refractivity contribution in [2.45, 2.75) is 51.7 Å². The maximum Gasteiger partial charge on any atom is 0.392 e. The molecule has 5 heteroatoms. The molecule has 0 spiro atoms. The molecule has 3 atom stereocenters. The van der Waals surface area contributed by atoms with Crippen molar-refractivity contribution in [1.29, 1.82) is 0 Å². The van der Waals surface area contributed by atoms with Gasteiger partial charge in [-0.25, -0.2) is 0 Å². The van der Waals surface area contributed by atoms with Gasteiger partial charge in [0, 0.05) is 6.04 Å². The second-order valence-corrected chi connectivity index (χ2v) is 6.10. The van der Waals surface area contributed by atoms with Crippen LogP contribution in [0, 0.1) is 25.7 Å². The van der Waals surface area contributed by atoms with E-state index in [0.717, 1.165) is 23.1 Å². The van der Waals surface area contributed by atoms with E-state index in [-0.39, 0.29) is 6.42 Å². The van der Waals surface area contributed by atoms with E-state index in [1.54, 1.807) is 0 Å². The minimum Gasteiger partial charge on any atom is -0.271 e. The first kappa shape index (κ1) is 16.3. The quantitative estimate of drug-likeness (QED) is 0.649. The lowest BCUT2D eigenvalue weighted by Gasteiger charge is -2.38. The Morgan fingerprint density at radius 2 is 1.86 bits per heavy atom. The average Bonchev–Trinajstić information content (AvgIpc) is 2.43. The van der Waals surface area contributed by atoms with Gasteiger partial charge in [0.1, 0.15) is 0 Å². The second-order valence-electron chi connectivity index (χ2n) is 6.10. The topological polar surface area (TPSA) is 38.0 Å². The summed E-state index contributed by atoms with van der Waals surface area (Å²) in [5, 5.41) is 0. The summed E-state index contributed by atoms with van der Waals surface area (Å²) < 4.78 is 39.9. The van der Waals surface area contributed by atoms with Crippen molar-refractivity contribution < 1.29 is 13.2 Å². The normalized spacial score (nSPS) is 24.9. The van der Waals surface area contributed by atoms with Crippen LogP contribution in [0.4, 0.5) is 13.2 Å². The number of hydrazine groups is 1. The molecule has 1 aromatic carbocycles. The maximum atomic E-state index is 13.3. The predicted molar refractivity (Wildman–Crippen MR) is 77.5 cm³/mol. The molecule has 1 aromatic rings. The van der Waals surface area contributed by atoms with E-state index in [0.29, 0.717) is 12.8 Å². The van der Waals surface area contributed by atoms with Gasteiger partial charge in [0.2, 0.25) is 0 Å². The molecule has 0 aromatic heterocycles. The Labute approximate surface area is 123 Å². The van der Waals surface area contributed by atoms with Crippen molar-refractivity contribution in [3.8, 4) is 0 Å². The van der Waals surface area contributed by atoms with Crippen LogP contribution in [-0.4, -0.2) is 6.18 Å². The summed E-state index contributed by atoms with van der Waals surface area (Å²) in [6, 6.07) is 5.41. The van der Waals surface area contributed by atoms with Gasteiger partial charge in [-0.2, -0.15) is 13.2 Å². The Hall–Kier alpha value is -1.07. The van der Waals surface area contributed by atoms with Gasteiger partial charge in [0.15, 0.2) is 0 Å². The summed E-state index contributed by atoms with van der Waals surface area (Å²) in [6.07, 6.45) is -1.91. The molecular formula is C16H23F3N2. The Balaban J connectivity index is 2.36. The molecule has 1 fully saturated rings. The Morgan fingerprint density at radius 1 is 1.19 bits per heavy atom. The van der Waals surface area contributed by atoms with Crippen LogP contribution in [0.5, 0.6) is 0 Å². The lowest BCUT2D eigenvalue weighted by Crippen LogP contribution is -2.43. The fraction of sp³-hybridized carbons (Fsp3) is 0.625. The average molecular weight is 300 g/mol. The number of alkyl halides is 3. The van der Waals surface area contributed by atoms with Crippen LogP contribution < -0.4 is 11.3 Å². The van der Waals surface area contributed by atoms with Gasteiger partial charge in [0.05, 0.1) is 5.92 Å². The molecule has 21 heavy (non-hydrogen) atoms. The maximum absolute atomic E-state index is 13.3. The van der Waals surface area contributed by atoms with Gasteiger partial charge in [-0.3, -0.25) is 11.3 Å². The summed E-state index contributed by atoms with van der Waals surface area (Å²) in [6.45, 7) is 3.86. The number of hydrogen-bond donors (Lipinski definition) is 2. The first-order chi connectivity index (χ1) is 9.84. The minimum absolute atomic E-state index is 0.206. The highest BCUT2D eigenvalue weighted by molar-refractivity contribution is 5.33. The lowest BCUT2D eigenvalue weighted by molar-refractivity contribution is -0.199. The van der Waals surface area contributed by atoms with E-state index in [2.05, 4.69) is 5.43 Å². The highest BCUT2D eigenvalue weighted by Gasteiger charge is 2.48. The number of rotatable bonds is 3. The third kappa shape index (κ3) is 3.58. The molecule has 2 nitrogen and oxygen atoms in total. The molecule has 0 heterocycles. The standard InChI is InChI=1S/C16H23F3N2/c1-10-7-8-11(2)13(9-10)15(21-20)12-5-3-4-6-14(12)16(17,18)19/h7-9,12,14-15,21H,3-6,20H2,1-2H3. The molecule has 0 bridgehead atoms. The summed E-state index contributed by atoms with van der Waals surface area (Å²) >= 11 is 0. The van der Waals surface area contributed by atoms with Crippen LogP contribution in [0.3, 0.4) is 0 Å². The molecule has 3 unspecified atom stereocenters. The summed E-state index contributed by atoms with van der Waals surface area (Å²) in [7, 11) is 0. The van der Waals surface area contributed by atoms with Gasteiger partial charge in [-0.05, 0) is 43.7 Å². The first-order valence-corrected chi connectivity index (χ1v) is 7.44. The zero-order valence-electron chi connectivity index (χ0n) is 12.5. The minimum atomic E-state index is -4.15. The molecule has 0 amide bonds. The smallest absolute Gasteiger partial charge is 0.271 e. The molecule has 0 aliphatic heterocycles. The van der Waals surface area contributed by atoms with Gasteiger partial charge < -0.3 is 0 Å². The molecule has 0 saturated heterocycles. The number of aryl methyl sites for hydroxylation is 2. The highest BCUT2D eigenvalue weighted by atomic mass is 19.4. The van der Waals surface area contributed by atoms with E-state index in [1.165, 1.54) is 0 Å². The molecule has 1 saturated carbocycles. The molecule has 3 N–H and O–H groups in total. The van der Waals surface area contributed by atoms with E-state index < -0.39 is 24.1 Å². The highest BCUT2D eigenvalue weighted by Crippen LogP contribution is 2.46. The van der Waals surface area contributed by atoms with Crippen molar-refractivity contribution in [3.05, 3.63) is 34.9 Å². The fourth-order valence-electron chi connectivity index (χ4n) is 3.50. The van der Waals surface area contributed by atoms with Crippen LogP contribution in [0.2, 0.25) is 0 Å². The molecular weight excluding hydrogens is 277 g/mol. The summed E-state index contributed by atoms with van der Waals surface area (Å²) in [4.78, 5) is 0. The number of nitrogens with two attached hydrogens (primary N) is 1. The molecule has 1 aliphatic rings. The van der Waals surface area contributed by atoms with Gasteiger partial charge in [0.25, 0.3) is 0 Å². The van der Waals surface area contributed by atoms with Crippen LogP contribution in [0.1, 0.15) is 48.4 Å². The zero-order valence-corrected chi connectivity index (χ0v) is 12.5. The zero-order chi connectivity index (χ0) is 15.6.